The maximum Gasteiger partial charge on any atom is 0.325 e. The molecule has 0 fully saturated rings. The number of alkyl halides is 1. The molecule has 0 aliphatic carbocycles. The minimum absolute atomic E-state index is 0.00428. The van der Waals surface area contributed by atoms with Crippen LogP contribution < -0.4 is 16.1 Å². The van der Waals surface area contributed by atoms with Crippen molar-refractivity contribution in [1.82, 2.24) is 9.97 Å². The highest BCUT2D eigenvalue weighted by molar-refractivity contribution is 5.41. The van der Waals surface area contributed by atoms with Crippen LogP contribution in [0, 0.1) is 0 Å². The van der Waals surface area contributed by atoms with E-state index in [-0.39, 0.29) is 25.4 Å². The number of anilines is 1. The van der Waals surface area contributed by atoms with Gasteiger partial charge in [-0.2, -0.15) is 0 Å². The molecule has 84 valence electrons. The predicted molar refractivity (Wildman–Crippen MR) is 53.0 cm³/mol. The van der Waals surface area contributed by atoms with Gasteiger partial charge in [0.15, 0.2) is 0 Å². The molecule has 0 bridgehead atoms. The Balaban J connectivity index is 3.00. The fourth-order valence-corrected chi connectivity index (χ4v) is 1.21. The number of rotatable bonds is 5. The first kappa shape index (κ1) is 11.4. The van der Waals surface area contributed by atoms with Crippen LogP contribution in [0.5, 0.6) is 0 Å². The fourth-order valence-electron chi connectivity index (χ4n) is 1.21. The van der Waals surface area contributed by atoms with Gasteiger partial charge in [0.25, 0.3) is 5.56 Å². The number of nitrogens with one attached hydrogen (secondary N) is 2. The van der Waals surface area contributed by atoms with Crippen LogP contribution in [0.4, 0.5) is 10.1 Å². The lowest BCUT2D eigenvalue weighted by Gasteiger charge is -2.20. The van der Waals surface area contributed by atoms with E-state index >= 15 is 0 Å². The van der Waals surface area contributed by atoms with E-state index in [1.165, 1.54) is 11.1 Å². The standard InChI is InChI=1S/C8H12FN3O3/c9-1-2-12(3-4-13)6-5-10-8(15)11-7(6)14/h5,13H,1-4H2,(H2,10,11,14,15). The Bertz CT molecular complexity index is 408. The number of hydrogen-bond acceptors (Lipinski definition) is 4. The highest BCUT2D eigenvalue weighted by atomic mass is 19.1. The fraction of sp³-hybridized carbons (Fsp3) is 0.500. The number of aromatic nitrogens is 2. The van der Waals surface area contributed by atoms with Crippen LogP contribution in [0.3, 0.4) is 0 Å². The number of halogens is 1. The van der Waals surface area contributed by atoms with Crippen molar-refractivity contribution in [3.05, 3.63) is 27.0 Å². The number of H-pyrrole nitrogens is 2. The zero-order valence-corrected chi connectivity index (χ0v) is 7.99. The third-order valence-electron chi connectivity index (χ3n) is 1.86. The van der Waals surface area contributed by atoms with E-state index in [0.29, 0.717) is 0 Å². The summed E-state index contributed by atoms with van der Waals surface area (Å²) in [5, 5.41) is 8.72. The van der Waals surface area contributed by atoms with Gasteiger partial charge in [-0.1, -0.05) is 0 Å². The molecule has 0 atom stereocenters. The van der Waals surface area contributed by atoms with E-state index < -0.39 is 17.9 Å². The van der Waals surface area contributed by atoms with Crippen LogP contribution in [0.25, 0.3) is 0 Å². The van der Waals surface area contributed by atoms with E-state index in [1.54, 1.807) is 0 Å². The first-order valence-electron chi connectivity index (χ1n) is 4.43. The molecule has 0 amide bonds. The number of aromatic amines is 2. The van der Waals surface area contributed by atoms with Crippen LogP contribution in [0.15, 0.2) is 15.8 Å². The summed E-state index contributed by atoms with van der Waals surface area (Å²) in [4.78, 5) is 27.7. The summed E-state index contributed by atoms with van der Waals surface area (Å²) in [5.41, 5.74) is -1.07. The van der Waals surface area contributed by atoms with Gasteiger partial charge in [0.2, 0.25) is 0 Å². The van der Waals surface area contributed by atoms with Crippen LogP contribution in [0.1, 0.15) is 0 Å². The Kier molecular flexibility index (Phi) is 4.04. The first-order valence-corrected chi connectivity index (χ1v) is 4.43. The van der Waals surface area contributed by atoms with Crippen LogP contribution in [-0.4, -0.2) is 41.4 Å². The van der Waals surface area contributed by atoms with E-state index in [9.17, 15) is 14.0 Å². The Morgan fingerprint density at radius 1 is 1.40 bits per heavy atom. The quantitative estimate of drug-likeness (QED) is 0.580. The summed E-state index contributed by atoms with van der Waals surface area (Å²) in [6.45, 7) is -0.703. The van der Waals surface area contributed by atoms with E-state index in [4.69, 9.17) is 5.11 Å². The van der Waals surface area contributed by atoms with Crippen molar-refractivity contribution in [3.8, 4) is 0 Å². The molecular weight excluding hydrogens is 205 g/mol. The van der Waals surface area contributed by atoms with Gasteiger partial charge in [-0.05, 0) is 0 Å². The summed E-state index contributed by atoms with van der Waals surface area (Å²) in [7, 11) is 0. The van der Waals surface area contributed by atoms with Crippen molar-refractivity contribution < 1.29 is 9.50 Å². The number of nitrogens with zero attached hydrogens (tertiary/aromatic N) is 1. The molecule has 0 saturated carbocycles. The van der Waals surface area contributed by atoms with Crippen molar-refractivity contribution in [2.24, 2.45) is 0 Å². The lowest BCUT2D eigenvalue weighted by atomic mass is 10.4. The lowest BCUT2D eigenvalue weighted by Crippen LogP contribution is -2.35. The minimum atomic E-state index is -0.640. The molecule has 7 heteroatoms. The van der Waals surface area contributed by atoms with Crippen molar-refractivity contribution in [2.45, 2.75) is 0 Å². The molecule has 1 aromatic heterocycles. The van der Waals surface area contributed by atoms with E-state index in [0.717, 1.165) is 0 Å². The lowest BCUT2D eigenvalue weighted by molar-refractivity contribution is 0.300. The molecular formula is C8H12FN3O3. The summed E-state index contributed by atoms with van der Waals surface area (Å²) in [6.07, 6.45) is 1.20. The topological polar surface area (TPSA) is 89.2 Å². The zero-order chi connectivity index (χ0) is 11.3. The van der Waals surface area contributed by atoms with Crippen molar-refractivity contribution >= 4 is 5.69 Å². The summed E-state index contributed by atoms with van der Waals surface area (Å²) in [6, 6.07) is 0. The van der Waals surface area contributed by atoms with Gasteiger partial charge in [0, 0.05) is 19.3 Å². The molecule has 1 aromatic rings. The summed E-state index contributed by atoms with van der Waals surface area (Å²) >= 11 is 0. The highest BCUT2D eigenvalue weighted by Crippen LogP contribution is 2.03. The molecule has 6 nitrogen and oxygen atoms in total. The number of aliphatic hydroxyl groups excluding tert-OH is 1. The highest BCUT2D eigenvalue weighted by Gasteiger charge is 2.09. The Morgan fingerprint density at radius 3 is 2.67 bits per heavy atom. The normalized spacial score (nSPS) is 10.3. The van der Waals surface area contributed by atoms with E-state index in [1.807, 2.05) is 4.98 Å². The second-order valence-corrected chi connectivity index (χ2v) is 2.86. The molecule has 1 rings (SSSR count). The molecule has 0 aliphatic heterocycles. The Labute approximate surface area is 84.4 Å². The van der Waals surface area contributed by atoms with Crippen LogP contribution in [-0.2, 0) is 0 Å². The maximum atomic E-state index is 12.2. The maximum absolute atomic E-state index is 12.2. The van der Waals surface area contributed by atoms with E-state index in [2.05, 4.69) is 4.98 Å². The third-order valence-corrected chi connectivity index (χ3v) is 1.86. The largest absolute Gasteiger partial charge is 0.395 e. The van der Waals surface area contributed by atoms with Gasteiger partial charge in [-0.15, -0.1) is 0 Å². The van der Waals surface area contributed by atoms with Gasteiger partial charge < -0.3 is 15.0 Å². The van der Waals surface area contributed by atoms with Gasteiger partial charge >= 0.3 is 5.69 Å². The predicted octanol–water partition coefficient (Wildman–Crippen LogP) is -1.17. The SMILES string of the molecule is O=c1[nH]cc(N(CCO)CCF)c(=O)[nH]1. The molecule has 0 saturated heterocycles. The van der Waals surface area contributed by atoms with Crippen molar-refractivity contribution in [1.29, 1.82) is 0 Å². The second-order valence-electron chi connectivity index (χ2n) is 2.86. The first-order chi connectivity index (χ1) is 7.19. The molecule has 3 N–H and O–H groups in total. The zero-order valence-electron chi connectivity index (χ0n) is 7.99. The molecule has 0 unspecified atom stereocenters. The second kappa shape index (κ2) is 5.30. The van der Waals surface area contributed by atoms with Crippen LogP contribution in [0.2, 0.25) is 0 Å². The smallest absolute Gasteiger partial charge is 0.325 e. The van der Waals surface area contributed by atoms with Crippen molar-refractivity contribution in [2.75, 3.05) is 31.3 Å². The van der Waals surface area contributed by atoms with Gasteiger partial charge in [-0.3, -0.25) is 9.78 Å². The summed E-state index contributed by atoms with van der Waals surface area (Å²) < 4.78 is 12.2. The minimum Gasteiger partial charge on any atom is -0.395 e. The Morgan fingerprint density at radius 2 is 2.13 bits per heavy atom. The Hall–Kier alpha value is -1.63. The number of hydrogen-bond donors (Lipinski definition) is 3. The van der Waals surface area contributed by atoms with Gasteiger partial charge in [0.05, 0.1) is 6.61 Å². The number of aliphatic hydroxyl groups is 1. The molecule has 0 radical (unpaired) electrons. The third kappa shape index (κ3) is 2.91. The molecule has 1 heterocycles. The molecule has 0 aliphatic rings. The van der Waals surface area contributed by atoms with Crippen LogP contribution >= 0.6 is 0 Å². The molecule has 0 aromatic carbocycles. The van der Waals surface area contributed by atoms with Gasteiger partial charge in [0.1, 0.15) is 12.4 Å². The van der Waals surface area contributed by atoms with Gasteiger partial charge in [-0.25, -0.2) is 9.18 Å². The summed E-state index contributed by atoms with van der Waals surface area (Å²) in [5.74, 6) is 0. The van der Waals surface area contributed by atoms with Crippen molar-refractivity contribution in [3.63, 3.8) is 0 Å². The molecule has 0 spiro atoms. The monoisotopic (exact) mass is 217 g/mol. The average molecular weight is 217 g/mol. The average Bonchev–Trinajstić information content (AvgIpc) is 2.17. The molecule has 15 heavy (non-hydrogen) atoms.